The smallest absolute Gasteiger partial charge is 0.338 e. The number of carbonyl (C=O) groups excluding carboxylic acids is 1. The van der Waals surface area contributed by atoms with Crippen LogP contribution in [0.15, 0.2) is 59.1 Å². The van der Waals surface area contributed by atoms with Crippen molar-refractivity contribution in [1.82, 2.24) is 15.2 Å². The van der Waals surface area contributed by atoms with E-state index in [1.165, 1.54) is 0 Å². The van der Waals surface area contributed by atoms with Gasteiger partial charge in [0.05, 0.1) is 12.1 Å². The average Bonchev–Trinajstić information content (AvgIpc) is 3.40. The molecule has 3 heterocycles. The largest absolute Gasteiger partial charge is 0.457 e. The van der Waals surface area contributed by atoms with Crippen LogP contribution in [-0.2, 0) is 4.74 Å². The monoisotopic (exact) mass is 454 g/mol. The first kappa shape index (κ1) is 19.8. The van der Waals surface area contributed by atoms with Crippen molar-refractivity contribution < 1.29 is 13.9 Å². The molecule has 1 unspecified atom stereocenters. The zero-order valence-corrected chi connectivity index (χ0v) is 17.7. The fourth-order valence-corrected chi connectivity index (χ4v) is 4.09. The Hall–Kier alpha value is -3.16. The second-order valence-corrected chi connectivity index (χ2v) is 8.08. The normalized spacial score (nSPS) is 16.1. The number of carbonyl (C=O) groups is 1. The van der Waals surface area contributed by atoms with Crippen LogP contribution in [0, 0.1) is 0 Å². The molecule has 0 spiro atoms. The predicted octanol–water partition coefficient (Wildman–Crippen LogP) is 5.03. The number of halogens is 2. The van der Waals surface area contributed by atoms with Gasteiger partial charge in [-0.25, -0.2) is 9.78 Å². The fourth-order valence-electron chi connectivity index (χ4n) is 3.57. The molecule has 9 heteroatoms. The Morgan fingerprint density at radius 2 is 1.97 bits per heavy atom. The maximum Gasteiger partial charge on any atom is 0.338 e. The first-order valence-corrected chi connectivity index (χ1v) is 10.4. The number of esters is 1. The van der Waals surface area contributed by atoms with Crippen molar-refractivity contribution in [2.24, 2.45) is 0 Å². The Morgan fingerprint density at radius 1 is 1.13 bits per heavy atom. The lowest BCUT2D eigenvalue weighted by Gasteiger charge is -2.16. The van der Waals surface area contributed by atoms with E-state index in [4.69, 9.17) is 32.4 Å². The zero-order valence-electron chi connectivity index (χ0n) is 16.2. The molecule has 0 amide bonds. The van der Waals surface area contributed by atoms with Crippen molar-refractivity contribution in [3.63, 3.8) is 0 Å². The summed E-state index contributed by atoms with van der Waals surface area (Å²) in [7, 11) is 0. The second kappa shape index (κ2) is 8.17. The Bertz CT molecular complexity index is 1240. The maximum absolute atomic E-state index is 12.7. The van der Waals surface area contributed by atoms with Gasteiger partial charge in [0.15, 0.2) is 11.4 Å². The van der Waals surface area contributed by atoms with Gasteiger partial charge in [0, 0.05) is 34.8 Å². The van der Waals surface area contributed by atoms with Crippen LogP contribution in [-0.4, -0.2) is 40.3 Å². The molecule has 2 aromatic heterocycles. The molecule has 31 heavy (non-hydrogen) atoms. The van der Waals surface area contributed by atoms with Gasteiger partial charge in [0.1, 0.15) is 11.6 Å². The summed E-state index contributed by atoms with van der Waals surface area (Å²) in [6.07, 6.45) is 2.14. The standard InChI is InChI=1S/C22H16Cl2N4O3/c23-15-8-14(9-16(24)11-15)21-26-18-4-3-13(10-19(18)31-21)22(29)30-17-5-7-28(12-17)20-2-1-6-25-27-20/h1-4,6,8-11,17H,5,7,12H2. The lowest BCUT2D eigenvalue weighted by atomic mass is 10.2. The van der Waals surface area contributed by atoms with Crippen molar-refractivity contribution in [3.8, 4) is 11.5 Å². The number of nitrogens with zero attached hydrogens (tertiary/aromatic N) is 4. The maximum atomic E-state index is 12.7. The molecular weight excluding hydrogens is 439 g/mol. The average molecular weight is 455 g/mol. The molecule has 0 N–H and O–H groups in total. The number of aromatic nitrogens is 3. The lowest BCUT2D eigenvalue weighted by Crippen LogP contribution is -2.25. The molecule has 7 nitrogen and oxygen atoms in total. The summed E-state index contributed by atoms with van der Waals surface area (Å²) < 4.78 is 11.5. The van der Waals surface area contributed by atoms with E-state index in [0.29, 0.717) is 44.7 Å². The third-order valence-corrected chi connectivity index (χ3v) is 5.47. The summed E-state index contributed by atoms with van der Waals surface area (Å²) in [5.74, 6) is 0.745. The van der Waals surface area contributed by atoms with Crippen LogP contribution in [0.1, 0.15) is 16.8 Å². The second-order valence-electron chi connectivity index (χ2n) is 7.20. The summed E-state index contributed by atoms with van der Waals surface area (Å²) in [6.45, 7) is 1.33. The van der Waals surface area contributed by atoms with E-state index in [1.807, 2.05) is 17.0 Å². The number of oxazole rings is 1. The Morgan fingerprint density at radius 3 is 2.74 bits per heavy atom. The Balaban J connectivity index is 1.32. The van der Waals surface area contributed by atoms with Gasteiger partial charge in [-0.05, 0) is 48.5 Å². The Labute approximate surface area is 187 Å². The predicted molar refractivity (Wildman–Crippen MR) is 118 cm³/mol. The molecule has 1 aliphatic rings. The minimum Gasteiger partial charge on any atom is -0.457 e. The molecule has 1 atom stereocenters. The summed E-state index contributed by atoms with van der Waals surface area (Å²) in [5, 5.41) is 8.97. The summed E-state index contributed by atoms with van der Waals surface area (Å²) in [6, 6.07) is 13.8. The summed E-state index contributed by atoms with van der Waals surface area (Å²) in [4.78, 5) is 19.2. The molecule has 0 saturated carbocycles. The third kappa shape index (κ3) is 4.19. The highest BCUT2D eigenvalue weighted by molar-refractivity contribution is 6.35. The van der Waals surface area contributed by atoms with E-state index in [0.717, 1.165) is 18.8 Å². The molecule has 1 saturated heterocycles. The number of ether oxygens (including phenoxy) is 1. The molecule has 4 aromatic rings. The SMILES string of the molecule is O=C(OC1CCN(c2cccnn2)C1)c1ccc2nc(-c3cc(Cl)cc(Cl)c3)oc2c1. The molecule has 0 bridgehead atoms. The number of fused-ring (bicyclic) bond motifs is 1. The van der Waals surface area contributed by atoms with Gasteiger partial charge in [0.25, 0.3) is 0 Å². The topological polar surface area (TPSA) is 81.4 Å². The number of benzene rings is 2. The quantitative estimate of drug-likeness (QED) is 0.400. The van der Waals surface area contributed by atoms with E-state index in [9.17, 15) is 4.79 Å². The van der Waals surface area contributed by atoms with Crippen molar-refractivity contribution in [2.45, 2.75) is 12.5 Å². The summed E-state index contributed by atoms with van der Waals surface area (Å²) in [5.41, 5.74) is 2.16. The van der Waals surface area contributed by atoms with Crippen LogP contribution >= 0.6 is 23.2 Å². The number of hydrogen-bond donors (Lipinski definition) is 0. The minimum absolute atomic E-state index is 0.218. The van der Waals surface area contributed by atoms with E-state index in [1.54, 1.807) is 42.6 Å². The Kier molecular flexibility index (Phi) is 5.21. The van der Waals surface area contributed by atoms with Crippen molar-refractivity contribution in [1.29, 1.82) is 0 Å². The fraction of sp³-hybridized carbons (Fsp3) is 0.182. The van der Waals surface area contributed by atoms with E-state index in [-0.39, 0.29) is 6.10 Å². The third-order valence-electron chi connectivity index (χ3n) is 5.03. The van der Waals surface area contributed by atoms with Gasteiger partial charge in [-0.3, -0.25) is 0 Å². The minimum atomic E-state index is -0.406. The molecule has 5 rings (SSSR count). The van der Waals surface area contributed by atoms with Gasteiger partial charge >= 0.3 is 5.97 Å². The number of anilines is 1. The lowest BCUT2D eigenvalue weighted by molar-refractivity contribution is 0.0348. The van der Waals surface area contributed by atoms with Gasteiger partial charge in [-0.2, -0.15) is 5.10 Å². The first-order valence-electron chi connectivity index (χ1n) is 9.66. The van der Waals surface area contributed by atoms with Gasteiger partial charge in [-0.15, -0.1) is 5.10 Å². The van der Waals surface area contributed by atoms with Crippen LogP contribution in [0.25, 0.3) is 22.6 Å². The summed E-state index contributed by atoms with van der Waals surface area (Å²) >= 11 is 12.1. The van der Waals surface area contributed by atoms with Crippen LogP contribution < -0.4 is 4.90 Å². The van der Waals surface area contributed by atoms with Gasteiger partial charge in [-0.1, -0.05) is 23.2 Å². The molecule has 1 fully saturated rings. The van der Waals surface area contributed by atoms with E-state index >= 15 is 0 Å². The number of rotatable bonds is 4. The number of hydrogen-bond acceptors (Lipinski definition) is 7. The van der Waals surface area contributed by atoms with E-state index in [2.05, 4.69) is 15.2 Å². The molecule has 0 radical (unpaired) electrons. The molecule has 2 aromatic carbocycles. The van der Waals surface area contributed by atoms with Gasteiger partial charge < -0.3 is 14.1 Å². The van der Waals surface area contributed by atoms with Crippen LogP contribution in [0.4, 0.5) is 5.82 Å². The highest BCUT2D eigenvalue weighted by Gasteiger charge is 2.27. The van der Waals surface area contributed by atoms with Crippen molar-refractivity contribution in [3.05, 3.63) is 70.3 Å². The highest BCUT2D eigenvalue weighted by Crippen LogP contribution is 2.30. The van der Waals surface area contributed by atoms with Crippen LogP contribution in [0.2, 0.25) is 10.0 Å². The zero-order chi connectivity index (χ0) is 21.4. The van der Waals surface area contributed by atoms with Gasteiger partial charge in [0.2, 0.25) is 5.89 Å². The molecule has 156 valence electrons. The molecular formula is C22H16Cl2N4O3. The van der Waals surface area contributed by atoms with Crippen LogP contribution in [0.5, 0.6) is 0 Å². The molecule has 1 aliphatic heterocycles. The van der Waals surface area contributed by atoms with Crippen molar-refractivity contribution >= 4 is 46.1 Å². The van der Waals surface area contributed by atoms with Crippen molar-refractivity contribution in [2.75, 3.05) is 18.0 Å². The highest BCUT2D eigenvalue weighted by atomic mass is 35.5. The first-order chi connectivity index (χ1) is 15.0. The van der Waals surface area contributed by atoms with Crippen LogP contribution in [0.3, 0.4) is 0 Å². The van der Waals surface area contributed by atoms with E-state index < -0.39 is 5.97 Å². The molecule has 0 aliphatic carbocycles.